The molecule has 0 fully saturated rings. The molecule has 0 heterocycles. The van der Waals surface area contributed by atoms with Crippen LogP contribution in [0, 0.1) is 12.8 Å². The Labute approximate surface area is 120 Å². The van der Waals surface area contributed by atoms with Crippen molar-refractivity contribution in [3.8, 4) is 11.1 Å². The number of benzene rings is 2. The van der Waals surface area contributed by atoms with E-state index in [1.54, 1.807) is 5.56 Å². The Morgan fingerprint density at radius 3 is 2.65 bits per heavy atom. The fourth-order valence-electron chi connectivity index (χ4n) is 3.55. The first-order chi connectivity index (χ1) is 9.83. The van der Waals surface area contributed by atoms with Crippen molar-refractivity contribution >= 4 is 0 Å². The molecule has 4 rings (SSSR count). The molecule has 2 aromatic carbocycles. The molecule has 0 N–H and O–H groups in total. The fourth-order valence-corrected chi connectivity index (χ4v) is 3.55. The largest absolute Gasteiger partial charge is 0.0773 e. The normalized spacial score (nSPS) is 15.7. The van der Waals surface area contributed by atoms with Crippen molar-refractivity contribution in [1.29, 1.82) is 0 Å². The minimum absolute atomic E-state index is 0.575. The molecule has 0 atom stereocenters. The van der Waals surface area contributed by atoms with Crippen LogP contribution in [0.4, 0.5) is 0 Å². The summed E-state index contributed by atoms with van der Waals surface area (Å²) < 4.78 is 0. The number of aryl methyl sites for hydroxylation is 1. The van der Waals surface area contributed by atoms with Gasteiger partial charge in [0.15, 0.2) is 0 Å². The maximum atomic E-state index is 2.33. The molecule has 2 aromatic rings. The molecule has 0 spiro atoms. The summed E-state index contributed by atoms with van der Waals surface area (Å²) in [5.41, 5.74) is 8.90. The highest BCUT2D eigenvalue weighted by Crippen LogP contribution is 2.41. The molecule has 0 nitrogen and oxygen atoms in total. The van der Waals surface area contributed by atoms with E-state index >= 15 is 0 Å². The first-order valence-corrected chi connectivity index (χ1v) is 7.37. The van der Waals surface area contributed by atoms with E-state index in [9.17, 15) is 0 Å². The third-order valence-corrected chi connectivity index (χ3v) is 4.56. The SMILES string of the molecule is Cc1ccc(CC2C=CC=C2)c2c1-c1ccccc1C2. The lowest BCUT2D eigenvalue weighted by atomic mass is 9.91. The van der Waals surface area contributed by atoms with Crippen molar-refractivity contribution in [2.75, 3.05) is 0 Å². The number of rotatable bonds is 2. The van der Waals surface area contributed by atoms with E-state index in [4.69, 9.17) is 0 Å². The van der Waals surface area contributed by atoms with Gasteiger partial charge in [0.25, 0.3) is 0 Å². The summed E-state index contributed by atoms with van der Waals surface area (Å²) in [4.78, 5) is 0. The maximum absolute atomic E-state index is 2.33. The van der Waals surface area contributed by atoms with Crippen LogP contribution in [0.5, 0.6) is 0 Å². The lowest BCUT2D eigenvalue weighted by Crippen LogP contribution is -2.01. The highest BCUT2D eigenvalue weighted by atomic mass is 14.3. The van der Waals surface area contributed by atoms with E-state index < -0.39 is 0 Å². The molecule has 2 aliphatic rings. The summed E-state index contributed by atoms with van der Waals surface area (Å²) in [6.45, 7) is 2.24. The van der Waals surface area contributed by atoms with Crippen LogP contribution in [0.3, 0.4) is 0 Å². The summed E-state index contributed by atoms with van der Waals surface area (Å²) >= 11 is 0. The van der Waals surface area contributed by atoms with E-state index in [1.165, 1.54) is 27.8 Å². The van der Waals surface area contributed by atoms with Crippen LogP contribution < -0.4 is 0 Å². The van der Waals surface area contributed by atoms with E-state index in [0.29, 0.717) is 5.92 Å². The van der Waals surface area contributed by atoms with Crippen molar-refractivity contribution in [2.24, 2.45) is 5.92 Å². The molecule has 0 unspecified atom stereocenters. The Morgan fingerprint density at radius 2 is 1.80 bits per heavy atom. The second-order valence-electron chi connectivity index (χ2n) is 5.87. The van der Waals surface area contributed by atoms with Crippen LogP contribution in [0.2, 0.25) is 0 Å². The minimum Gasteiger partial charge on any atom is -0.0773 e. The van der Waals surface area contributed by atoms with Gasteiger partial charge in [-0.3, -0.25) is 0 Å². The van der Waals surface area contributed by atoms with Gasteiger partial charge in [-0.1, -0.05) is 60.7 Å². The number of hydrogen-bond donors (Lipinski definition) is 0. The van der Waals surface area contributed by atoms with Gasteiger partial charge in [-0.25, -0.2) is 0 Å². The Balaban J connectivity index is 1.81. The van der Waals surface area contributed by atoms with Gasteiger partial charge in [0.1, 0.15) is 0 Å². The number of fused-ring (bicyclic) bond motifs is 3. The van der Waals surface area contributed by atoms with Crippen molar-refractivity contribution in [1.82, 2.24) is 0 Å². The monoisotopic (exact) mass is 258 g/mol. The average Bonchev–Trinajstić information content (AvgIpc) is 3.09. The maximum Gasteiger partial charge on any atom is -0.000673 e. The van der Waals surface area contributed by atoms with E-state index in [0.717, 1.165) is 12.8 Å². The van der Waals surface area contributed by atoms with Gasteiger partial charge in [-0.15, -0.1) is 0 Å². The zero-order chi connectivity index (χ0) is 13.5. The van der Waals surface area contributed by atoms with Gasteiger partial charge >= 0.3 is 0 Å². The van der Waals surface area contributed by atoms with Crippen LogP contribution >= 0.6 is 0 Å². The summed E-state index contributed by atoms with van der Waals surface area (Å²) in [5.74, 6) is 0.575. The summed E-state index contributed by atoms with van der Waals surface area (Å²) in [6, 6.07) is 13.5. The molecule has 98 valence electrons. The second kappa shape index (κ2) is 4.49. The van der Waals surface area contributed by atoms with Gasteiger partial charge in [-0.05, 0) is 59.1 Å². The van der Waals surface area contributed by atoms with Gasteiger partial charge in [0.2, 0.25) is 0 Å². The van der Waals surface area contributed by atoms with Crippen LogP contribution in [0.1, 0.15) is 22.3 Å². The quantitative estimate of drug-likeness (QED) is 0.616. The number of hydrogen-bond acceptors (Lipinski definition) is 0. The zero-order valence-corrected chi connectivity index (χ0v) is 11.8. The van der Waals surface area contributed by atoms with E-state index in [1.807, 2.05) is 0 Å². The van der Waals surface area contributed by atoms with Crippen molar-refractivity contribution < 1.29 is 0 Å². The molecule has 0 amide bonds. The Morgan fingerprint density at radius 1 is 1.00 bits per heavy atom. The Kier molecular flexibility index (Phi) is 2.63. The zero-order valence-electron chi connectivity index (χ0n) is 11.8. The highest BCUT2D eigenvalue weighted by molar-refractivity contribution is 5.80. The molecule has 0 aliphatic heterocycles. The predicted octanol–water partition coefficient (Wildman–Crippen LogP) is 4.85. The van der Waals surface area contributed by atoms with Crippen molar-refractivity contribution in [3.63, 3.8) is 0 Å². The standard InChI is InChI=1S/C20H18/c1-14-10-11-17(12-15-6-2-3-7-15)19-13-16-8-4-5-9-18(16)20(14)19/h2-11,15H,12-13H2,1H3. The lowest BCUT2D eigenvalue weighted by Gasteiger charge is -2.13. The Hall–Kier alpha value is -2.08. The Bertz CT molecular complexity index is 720. The molecule has 0 radical (unpaired) electrons. The molecular formula is C20H18. The average molecular weight is 258 g/mol. The van der Waals surface area contributed by atoms with Crippen LogP contribution in [-0.2, 0) is 12.8 Å². The molecule has 0 saturated carbocycles. The van der Waals surface area contributed by atoms with E-state index in [2.05, 4.69) is 67.6 Å². The van der Waals surface area contributed by atoms with Crippen molar-refractivity contribution in [3.05, 3.63) is 83.0 Å². The molecule has 0 saturated heterocycles. The minimum atomic E-state index is 0.575. The molecule has 0 heteroatoms. The van der Waals surface area contributed by atoms with E-state index in [-0.39, 0.29) is 0 Å². The van der Waals surface area contributed by atoms with Gasteiger partial charge < -0.3 is 0 Å². The molecule has 0 aromatic heterocycles. The summed E-state index contributed by atoms with van der Waals surface area (Å²) in [5, 5.41) is 0. The van der Waals surface area contributed by atoms with Crippen LogP contribution in [-0.4, -0.2) is 0 Å². The highest BCUT2D eigenvalue weighted by Gasteiger charge is 2.23. The van der Waals surface area contributed by atoms with Gasteiger partial charge in [0, 0.05) is 0 Å². The fraction of sp³-hybridized carbons (Fsp3) is 0.200. The van der Waals surface area contributed by atoms with Crippen LogP contribution in [0.15, 0.2) is 60.7 Å². The topological polar surface area (TPSA) is 0 Å². The summed E-state index contributed by atoms with van der Waals surface area (Å²) in [6.07, 6.45) is 11.1. The molecular weight excluding hydrogens is 240 g/mol. The smallest absolute Gasteiger partial charge is 0.000673 e. The first kappa shape index (κ1) is 11.7. The van der Waals surface area contributed by atoms with Gasteiger partial charge in [0.05, 0.1) is 0 Å². The third kappa shape index (κ3) is 1.76. The number of allylic oxidation sites excluding steroid dienone is 4. The molecule has 20 heavy (non-hydrogen) atoms. The molecule has 2 aliphatic carbocycles. The van der Waals surface area contributed by atoms with Crippen LogP contribution in [0.25, 0.3) is 11.1 Å². The summed E-state index contributed by atoms with van der Waals surface area (Å²) in [7, 11) is 0. The van der Waals surface area contributed by atoms with Gasteiger partial charge in [-0.2, -0.15) is 0 Å². The first-order valence-electron chi connectivity index (χ1n) is 7.37. The lowest BCUT2D eigenvalue weighted by molar-refractivity contribution is 0.808. The second-order valence-corrected chi connectivity index (χ2v) is 5.87. The van der Waals surface area contributed by atoms with Crippen molar-refractivity contribution in [2.45, 2.75) is 19.8 Å². The molecule has 0 bridgehead atoms. The predicted molar refractivity (Wildman–Crippen MR) is 84.9 cm³/mol. The third-order valence-electron chi connectivity index (χ3n) is 4.56.